The number of rotatable bonds is 3. The zero-order chi connectivity index (χ0) is 22.0. The molecule has 6 N–H and O–H groups in total. The van der Waals surface area contributed by atoms with Crippen LogP contribution in [-0.4, -0.2) is 10.9 Å². The summed E-state index contributed by atoms with van der Waals surface area (Å²) >= 11 is 0. The molecule has 1 unspecified atom stereocenters. The predicted octanol–water partition coefficient (Wildman–Crippen LogP) is 2.99. The molecule has 1 aliphatic rings. The third kappa shape index (κ3) is 3.73. The maximum Gasteiger partial charge on any atom is 0.211 e. The number of nitrogen functional groups attached to an aromatic ring is 2. The van der Waals surface area contributed by atoms with Crippen molar-refractivity contribution in [2.24, 2.45) is 4.99 Å². The number of pyridine rings is 1. The van der Waals surface area contributed by atoms with Crippen molar-refractivity contribution in [2.75, 3.05) is 16.8 Å². The largest absolute Gasteiger partial charge is 0.457 e. The number of nitrogens with one attached hydrogen (secondary N) is 2. The van der Waals surface area contributed by atoms with Gasteiger partial charge in [-0.3, -0.25) is 5.32 Å². The SMILES string of the molecule is N#CNC1=NC(c2ccc(Oc3ccc(F)cc3)cc2)c2c(nc(N)c(C#N)c2N)N1. The minimum absolute atomic E-state index is 0.0220. The average molecular weight is 414 g/mol. The van der Waals surface area contributed by atoms with E-state index in [-0.39, 0.29) is 28.8 Å². The van der Waals surface area contributed by atoms with E-state index in [1.807, 2.05) is 6.07 Å². The van der Waals surface area contributed by atoms with E-state index in [9.17, 15) is 9.65 Å². The third-order valence-corrected chi connectivity index (χ3v) is 4.60. The van der Waals surface area contributed by atoms with Crippen LogP contribution in [0.3, 0.4) is 0 Å². The number of anilines is 3. The van der Waals surface area contributed by atoms with Crippen LogP contribution in [0.4, 0.5) is 21.7 Å². The van der Waals surface area contributed by atoms with E-state index in [1.54, 1.807) is 30.5 Å². The van der Waals surface area contributed by atoms with Gasteiger partial charge in [-0.25, -0.2) is 14.4 Å². The number of nitrogens with zero attached hydrogens (tertiary/aromatic N) is 4. The van der Waals surface area contributed by atoms with Crippen molar-refractivity contribution >= 4 is 23.3 Å². The molecule has 1 atom stereocenters. The second kappa shape index (κ2) is 7.89. The zero-order valence-corrected chi connectivity index (χ0v) is 15.9. The summed E-state index contributed by atoms with van der Waals surface area (Å²) in [5.74, 6) is 1.12. The summed E-state index contributed by atoms with van der Waals surface area (Å²) in [5, 5.41) is 23.7. The van der Waals surface area contributed by atoms with Crippen LogP contribution < -0.4 is 26.8 Å². The van der Waals surface area contributed by atoms with Crippen LogP contribution in [0.25, 0.3) is 0 Å². The van der Waals surface area contributed by atoms with E-state index in [1.165, 1.54) is 24.3 Å². The highest BCUT2D eigenvalue weighted by molar-refractivity contribution is 5.98. The lowest BCUT2D eigenvalue weighted by Gasteiger charge is -2.26. The number of nitriles is 2. The van der Waals surface area contributed by atoms with Crippen molar-refractivity contribution in [1.29, 1.82) is 10.5 Å². The molecule has 0 aliphatic carbocycles. The molecule has 4 rings (SSSR count). The molecule has 1 aliphatic heterocycles. The Balaban J connectivity index is 1.72. The van der Waals surface area contributed by atoms with Crippen LogP contribution in [0.2, 0.25) is 0 Å². The number of guanidine groups is 1. The van der Waals surface area contributed by atoms with Crippen LogP contribution in [-0.2, 0) is 0 Å². The van der Waals surface area contributed by atoms with Gasteiger partial charge in [0.05, 0.1) is 5.69 Å². The van der Waals surface area contributed by atoms with Crippen molar-refractivity contribution in [3.8, 4) is 23.8 Å². The Labute approximate surface area is 176 Å². The Morgan fingerprint density at radius 3 is 2.29 bits per heavy atom. The minimum atomic E-state index is -0.646. The molecule has 0 bridgehead atoms. The fourth-order valence-corrected chi connectivity index (χ4v) is 3.18. The highest BCUT2D eigenvalue weighted by Crippen LogP contribution is 2.40. The van der Waals surface area contributed by atoms with Crippen molar-refractivity contribution in [3.63, 3.8) is 0 Å². The topological polar surface area (TPSA) is 158 Å². The monoisotopic (exact) mass is 414 g/mol. The zero-order valence-electron chi connectivity index (χ0n) is 15.9. The number of benzene rings is 2. The lowest BCUT2D eigenvalue weighted by molar-refractivity contribution is 0.480. The number of hydrogen-bond acceptors (Lipinski definition) is 9. The quantitative estimate of drug-likeness (QED) is 0.376. The molecule has 0 saturated heterocycles. The van der Waals surface area contributed by atoms with Crippen LogP contribution in [0.1, 0.15) is 22.7 Å². The third-order valence-electron chi connectivity index (χ3n) is 4.60. The summed E-state index contributed by atoms with van der Waals surface area (Å²) in [6.45, 7) is 0. The molecule has 9 nitrogen and oxygen atoms in total. The van der Waals surface area contributed by atoms with Crippen molar-refractivity contribution in [2.45, 2.75) is 6.04 Å². The lowest BCUT2D eigenvalue weighted by atomic mass is 9.95. The maximum absolute atomic E-state index is 13.1. The van der Waals surface area contributed by atoms with Crippen LogP contribution in [0.5, 0.6) is 11.5 Å². The van der Waals surface area contributed by atoms with Gasteiger partial charge in [0.25, 0.3) is 0 Å². The summed E-state index contributed by atoms with van der Waals surface area (Å²) in [6.07, 6.45) is 1.80. The van der Waals surface area contributed by atoms with Gasteiger partial charge >= 0.3 is 0 Å². The van der Waals surface area contributed by atoms with E-state index in [2.05, 4.69) is 20.6 Å². The number of hydrogen-bond donors (Lipinski definition) is 4. The van der Waals surface area contributed by atoms with Crippen molar-refractivity contribution < 1.29 is 9.13 Å². The predicted molar refractivity (Wildman–Crippen MR) is 112 cm³/mol. The Kier molecular flexibility index (Phi) is 4.96. The van der Waals surface area contributed by atoms with E-state index < -0.39 is 6.04 Å². The summed E-state index contributed by atoms with van der Waals surface area (Å²) < 4.78 is 18.8. The van der Waals surface area contributed by atoms with E-state index in [0.29, 0.717) is 28.4 Å². The van der Waals surface area contributed by atoms with E-state index in [4.69, 9.17) is 21.5 Å². The van der Waals surface area contributed by atoms with Gasteiger partial charge in [-0.1, -0.05) is 12.1 Å². The molecule has 3 aromatic rings. The molecule has 2 heterocycles. The standard InChI is InChI=1S/C21H15FN8O/c22-12-3-7-14(8-4-12)31-13-5-1-11(2-6-13)18-16-17(25)15(9-23)19(26)29-20(16)30-21(28-18)27-10-24/h1-8,18H,(H6,25,26,27,28,29,30). The average Bonchev–Trinajstić information content (AvgIpc) is 2.76. The molecule has 31 heavy (non-hydrogen) atoms. The molecule has 0 fully saturated rings. The molecule has 0 spiro atoms. The van der Waals surface area contributed by atoms with Crippen molar-refractivity contribution in [3.05, 3.63) is 71.0 Å². The van der Waals surface area contributed by atoms with Gasteiger partial charge in [-0.05, 0) is 42.0 Å². The van der Waals surface area contributed by atoms with Gasteiger partial charge in [0, 0.05) is 5.56 Å². The van der Waals surface area contributed by atoms with Gasteiger partial charge in [-0.15, -0.1) is 0 Å². The number of fused-ring (bicyclic) bond motifs is 1. The first-order chi connectivity index (χ1) is 15.0. The summed E-state index contributed by atoms with van der Waals surface area (Å²) in [7, 11) is 0. The van der Waals surface area contributed by atoms with Gasteiger partial charge in [0.2, 0.25) is 5.96 Å². The van der Waals surface area contributed by atoms with Crippen LogP contribution in [0.15, 0.2) is 53.5 Å². The molecule has 0 radical (unpaired) electrons. The molecule has 1 aromatic heterocycles. The van der Waals surface area contributed by atoms with Crippen LogP contribution >= 0.6 is 0 Å². The summed E-state index contributed by atoms with van der Waals surface area (Å²) in [4.78, 5) is 8.70. The molecule has 10 heteroatoms. The fraction of sp³-hybridized carbons (Fsp3) is 0.0476. The van der Waals surface area contributed by atoms with E-state index >= 15 is 0 Å². The Hall–Kier alpha value is -4.83. The first kappa shape index (κ1) is 19.5. The first-order valence-corrected chi connectivity index (χ1v) is 9.02. The number of aromatic nitrogens is 1. The van der Waals surface area contributed by atoms with Crippen LogP contribution in [0, 0.1) is 28.6 Å². The Morgan fingerprint density at radius 2 is 1.68 bits per heavy atom. The number of nitrogens with two attached hydrogens (primary N) is 2. The normalized spacial score (nSPS) is 14.3. The molecular weight excluding hydrogens is 399 g/mol. The van der Waals surface area contributed by atoms with Gasteiger partial charge in [-0.2, -0.15) is 10.5 Å². The minimum Gasteiger partial charge on any atom is -0.457 e. The first-order valence-electron chi connectivity index (χ1n) is 9.02. The smallest absolute Gasteiger partial charge is 0.211 e. The Morgan fingerprint density at radius 1 is 1.03 bits per heavy atom. The number of halogens is 1. The van der Waals surface area contributed by atoms with Crippen molar-refractivity contribution in [1.82, 2.24) is 10.3 Å². The van der Waals surface area contributed by atoms with Gasteiger partial charge in [0.15, 0.2) is 6.19 Å². The highest BCUT2D eigenvalue weighted by Gasteiger charge is 2.29. The molecule has 0 amide bonds. The number of ether oxygens (including phenoxy) is 1. The summed E-state index contributed by atoms with van der Waals surface area (Å²) in [5.41, 5.74) is 13.5. The maximum atomic E-state index is 13.1. The molecular formula is C21H15FN8O. The molecule has 152 valence electrons. The Bertz CT molecular complexity index is 1260. The summed E-state index contributed by atoms with van der Waals surface area (Å²) in [6, 6.07) is 14.0. The van der Waals surface area contributed by atoms with Gasteiger partial charge < -0.3 is 21.5 Å². The second-order valence-electron chi connectivity index (χ2n) is 6.53. The lowest BCUT2D eigenvalue weighted by Crippen LogP contribution is -2.32. The van der Waals surface area contributed by atoms with Gasteiger partial charge in [0.1, 0.15) is 46.6 Å². The second-order valence-corrected chi connectivity index (χ2v) is 6.53. The highest BCUT2D eigenvalue weighted by atomic mass is 19.1. The number of aliphatic imine (C=N–C) groups is 1. The fourth-order valence-electron chi connectivity index (χ4n) is 3.18. The molecule has 0 saturated carbocycles. The molecule has 2 aromatic carbocycles. The van der Waals surface area contributed by atoms with E-state index in [0.717, 1.165) is 0 Å².